The first-order chi connectivity index (χ1) is 3.31. The zero-order chi connectivity index (χ0) is 5.70. The van der Waals surface area contributed by atoms with E-state index in [0.717, 1.165) is 0 Å². The van der Waals surface area contributed by atoms with Crippen LogP contribution in [0.2, 0.25) is 0 Å². The molecule has 0 aromatic carbocycles. The molecular weight excluding hydrogens is 100 g/mol. The molecular formula is CH4N4O2. The fourth-order valence-corrected chi connectivity index (χ4v) is 0.0756. The van der Waals surface area contributed by atoms with Crippen LogP contribution >= 0.6 is 0 Å². The molecule has 0 radical (unpaired) electrons. The van der Waals surface area contributed by atoms with Gasteiger partial charge in [-0.05, 0) is 10.5 Å². The Hall–Kier alpha value is -1.01. The maximum Gasteiger partial charge on any atom is 0.0688 e. The molecule has 0 bridgehead atoms. The first-order valence-corrected chi connectivity index (χ1v) is 1.35. The van der Waals surface area contributed by atoms with E-state index in [-0.39, 0.29) is 0 Å². The minimum Gasteiger partial charge on any atom is -0.560 e. The second-order valence-electron chi connectivity index (χ2n) is 0.598. The predicted octanol–water partition coefficient (Wildman–Crippen LogP) is -1.14. The van der Waals surface area contributed by atoms with E-state index >= 15 is 0 Å². The quantitative estimate of drug-likeness (QED) is 0.269. The fourth-order valence-electron chi connectivity index (χ4n) is 0.0756. The second-order valence-corrected chi connectivity index (χ2v) is 0.598. The molecule has 0 aromatic heterocycles. The van der Waals surface area contributed by atoms with Crippen LogP contribution in [-0.4, -0.2) is 6.72 Å². The Balaban J connectivity index is 3.15. The molecule has 0 amide bonds. The third kappa shape index (κ3) is 2.80. The van der Waals surface area contributed by atoms with E-state index in [2.05, 4.69) is 22.0 Å². The number of quaternary nitrogens is 1. The van der Waals surface area contributed by atoms with Crippen molar-refractivity contribution in [3.05, 3.63) is 5.21 Å². The summed E-state index contributed by atoms with van der Waals surface area (Å²) in [4.78, 5) is 3.71. The predicted molar refractivity (Wildman–Crippen MR) is 20.1 cm³/mol. The Bertz CT molecular complexity index is 72.1. The van der Waals surface area contributed by atoms with Crippen molar-refractivity contribution < 1.29 is 10.3 Å². The first kappa shape index (κ1) is 5.99. The number of nitrogens with zero attached hydrogens (tertiary/aromatic N) is 2. The molecule has 0 heterocycles. The normalized spacial score (nSPS) is 12.1. The monoisotopic (exact) mass is 104 g/mol. The van der Waals surface area contributed by atoms with Gasteiger partial charge in [0.05, 0.1) is 5.22 Å². The van der Waals surface area contributed by atoms with Gasteiger partial charge in [-0.15, -0.1) is 0 Å². The van der Waals surface area contributed by atoms with Gasteiger partial charge in [0.1, 0.15) is 0 Å². The topological polar surface area (TPSA) is 85.3 Å². The summed E-state index contributed by atoms with van der Waals surface area (Å²) < 4.78 is 0. The molecule has 2 N–H and O–H groups in total. The molecule has 40 valence electrons. The van der Waals surface area contributed by atoms with Gasteiger partial charge in [-0.2, -0.15) is 10.5 Å². The van der Waals surface area contributed by atoms with Crippen molar-refractivity contribution in [1.29, 1.82) is 5.53 Å². The van der Waals surface area contributed by atoms with Crippen molar-refractivity contribution in [2.75, 3.05) is 0 Å². The van der Waals surface area contributed by atoms with Crippen LogP contribution in [0.15, 0.2) is 10.4 Å². The molecule has 0 aliphatic rings. The van der Waals surface area contributed by atoms with Gasteiger partial charge in [0.25, 0.3) is 0 Å². The Morgan fingerprint density at radius 2 is 2.43 bits per heavy atom. The maximum absolute atomic E-state index is 9.70. The Morgan fingerprint density at radius 1 is 1.86 bits per heavy atom. The molecule has 0 aliphatic carbocycles. The summed E-state index contributed by atoms with van der Waals surface area (Å²) in [5.74, 6) is 0. The van der Waals surface area contributed by atoms with Crippen LogP contribution in [0.25, 0.3) is 0 Å². The standard InChI is InChI=1S/CH4N4O2/c1-3-7-5(6)4-2/h2,5H,1H2. The second kappa shape index (κ2) is 3.19. The number of rotatable bonds is 3. The van der Waals surface area contributed by atoms with E-state index in [1.165, 1.54) is 0 Å². The highest BCUT2D eigenvalue weighted by Crippen LogP contribution is 1.50. The van der Waals surface area contributed by atoms with Gasteiger partial charge in [-0.3, -0.25) is 0 Å². The average Bonchev–Trinajstić information content (AvgIpc) is 1.68. The zero-order valence-corrected chi connectivity index (χ0v) is 3.42. The first-order valence-electron chi connectivity index (χ1n) is 1.35. The van der Waals surface area contributed by atoms with E-state index in [1.54, 1.807) is 0 Å². The van der Waals surface area contributed by atoms with Crippen molar-refractivity contribution in [1.82, 2.24) is 0 Å². The lowest BCUT2D eigenvalue weighted by Crippen LogP contribution is -3.00. The van der Waals surface area contributed by atoms with E-state index in [9.17, 15) is 5.21 Å². The minimum atomic E-state index is -1.06. The van der Waals surface area contributed by atoms with Gasteiger partial charge in [0, 0.05) is 6.72 Å². The van der Waals surface area contributed by atoms with Gasteiger partial charge in [0.2, 0.25) is 0 Å². The third-order valence-corrected chi connectivity index (χ3v) is 0.234. The van der Waals surface area contributed by atoms with Crippen molar-refractivity contribution in [3.63, 3.8) is 0 Å². The molecule has 0 fully saturated rings. The van der Waals surface area contributed by atoms with Gasteiger partial charge in [0.15, 0.2) is 0 Å². The van der Waals surface area contributed by atoms with Gasteiger partial charge in [-0.1, -0.05) is 0 Å². The molecule has 0 rings (SSSR count). The van der Waals surface area contributed by atoms with E-state index in [4.69, 9.17) is 5.53 Å². The van der Waals surface area contributed by atoms with Crippen molar-refractivity contribution >= 4 is 6.72 Å². The molecule has 6 nitrogen and oxygen atoms in total. The summed E-state index contributed by atoms with van der Waals surface area (Å²) in [6.07, 6.45) is 0. The largest absolute Gasteiger partial charge is 0.560 e. The van der Waals surface area contributed by atoms with Crippen LogP contribution in [0.1, 0.15) is 0 Å². The summed E-state index contributed by atoms with van der Waals surface area (Å²) in [6, 6.07) is 0. The van der Waals surface area contributed by atoms with E-state index in [1.807, 2.05) is 0 Å². The van der Waals surface area contributed by atoms with Gasteiger partial charge in [-0.25, -0.2) is 0 Å². The highest BCUT2D eigenvalue weighted by molar-refractivity contribution is 5.21. The Morgan fingerprint density at radius 3 is 2.57 bits per heavy atom. The average molecular weight is 104 g/mol. The fraction of sp³-hybridized carbons (Fsp3) is 0. The Labute approximate surface area is 39.4 Å². The number of hydrogen-bond acceptors (Lipinski definition) is 5. The van der Waals surface area contributed by atoms with Crippen LogP contribution in [-0.2, 0) is 4.94 Å². The molecule has 0 saturated heterocycles. The van der Waals surface area contributed by atoms with Crippen LogP contribution in [0.4, 0.5) is 0 Å². The summed E-state index contributed by atoms with van der Waals surface area (Å²) >= 11 is 0. The molecule has 0 saturated carbocycles. The molecule has 0 aliphatic heterocycles. The highest BCUT2D eigenvalue weighted by Gasteiger charge is 1.82. The van der Waals surface area contributed by atoms with Gasteiger partial charge < -0.3 is 5.21 Å². The number of hydrogen-bond donors (Lipinski definition) is 2. The molecule has 1 unspecified atom stereocenters. The van der Waals surface area contributed by atoms with Crippen molar-refractivity contribution in [2.24, 2.45) is 10.4 Å². The van der Waals surface area contributed by atoms with E-state index in [0.29, 0.717) is 0 Å². The minimum absolute atomic E-state index is 1.06. The summed E-state index contributed by atoms with van der Waals surface area (Å²) in [7, 11) is 0. The van der Waals surface area contributed by atoms with Gasteiger partial charge >= 0.3 is 0 Å². The molecule has 0 aromatic rings. The Kier molecular flexibility index (Phi) is 2.73. The molecule has 6 heteroatoms. The van der Waals surface area contributed by atoms with Crippen LogP contribution in [0.3, 0.4) is 0 Å². The molecule has 7 heavy (non-hydrogen) atoms. The van der Waals surface area contributed by atoms with Crippen LogP contribution in [0.5, 0.6) is 0 Å². The summed E-state index contributed by atoms with van der Waals surface area (Å²) in [5.41, 5.74) is 5.97. The SMILES string of the molecule is C=NO[NH+]([O-])N=N. The molecule has 1 atom stereocenters. The number of nitrogens with one attached hydrogen (secondary N) is 2. The van der Waals surface area contributed by atoms with Crippen LogP contribution < -0.4 is 5.34 Å². The lowest BCUT2D eigenvalue weighted by Gasteiger charge is -2.02. The van der Waals surface area contributed by atoms with Crippen molar-refractivity contribution in [3.8, 4) is 0 Å². The summed E-state index contributed by atoms with van der Waals surface area (Å²) in [6.45, 7) is 2.81. The van der Waals surface area contributed by atoms with E-state index < -0.39 is 5.34 Å². The third-order valence-electron chi connectivity index (χ3n) is 0.234. The lowest BCUT2D eigenvalue weighted by molar-refractivity contribution is -1.06. The molecule has 0 spiro atoms. The smallest absolute Gasteiger partial charge is 0.0688 e. The summed E-state index contributed by atoms with van der Waals surface area (Å²) in [5, 5.41) is 13.7. The maximum atomic E-state index is 9.70. The lowest BCUT2D eigenvalue weighted by atomic mass is 11.8. The zero-order valence-electron chi connectivity index (χ0n) is 3.42. The van der Waals surface area contributed by atoms with Crippen LogP contribution in [0, 0.1) is 10.7 Å². The number of oxime groups is 1. The van der Waals surface area contributed by atoms with Crippen molar-refractivity contribution in [2.45, 2.75) is 0 Å². The highest BCUT2D eigenvalue weighted by atomic mass is 17.0.